The molecule has 0 atom stereocenters. The summed E-state index contributed by atoms with van der Waals surface area (Å²) < 4.78 is 27.3. The molecule has 35 heavy (non-hydrogen) atoms. The highest BCUT2D eigenvalue weighted by molar-refractivity contribution is 9.10. The number of thioether (sulfide) groups is 1. The topological polar surface area (TPSA) is 38.8 Å². The lowest BCUT2D eigenvalue weighted by atomic mass is 10.0. The van der Waals surface area contributed by atoms with E-state index in [1.165, 1.54) is 17.0 Å². The smallest absolute Gasteiger partial charge is 0.270 e. The highest BCUT2D eigenvalue weighted by Gasteiger charge is 2.34. The number of benzene rings is 3. The molecule has 0 aliphatic carbocycles. The molecule has 1 amide bonds. The lowest BCUT2D eigenvalue weighted by Gasteiger charge is -2.16. The number of carbonyl (C=O) groups excluding carboxylic acids is 1. The summed E-state index contributed by atoms with van der Waals surface area (Å²) in [5, 5.41) is 0. The SMILES string of the molecule is C=CCc1cc(/C=C2/SC(=S)N(c3ccccc3F)C2=O)cc(OC)c1OCc1ccc(Br)cc1. The van der Waals surface area contributed by atoms with Gasteiger partial charge in [-0.1, -0.05) is 70.3 Å². The molecule has 0 spiro atoms. The lowest BCUT2D eigenvalue weighted by molar-refractivity contribution is -0.113. The van der Waals surface area contributed by atoms with Gasteiger partial charge in [0.15, 0.2) is 15.8 Å². The predicted molar refractivity (Wildman–Crippen MR) is 147 cm³/mol. The van der Waals surface area contributed by atoms with Crippen molar-refractivity contribution < 1.29 is 18.7 Å². The van der Waals surface area contributed by atoms with Crippen LogP contribution in [0.15, 0.2) is 82.7 Å². The zero-order valence-corrected chi connectivity index (χ0v) is 22.0. The van der Waals surface area contributed by atoms with Crippen LogP contribution in [0.4, 0.5) is 10.1 Å². The lowest BCUT2D eigenvalue weighted by Crippen LogP contribution is -2.28. The van der Waals surface area contributed by atoms with E-state index in [0.717, 1.165) is 32.9 Å². The van der Waals surface area contributed by atoms with Crippen LogP contribution in [0.2, 0.25) is 0 Å². The minimum atomic E-state index is -0.507. The molecule has 4 nitrogen and oxygen atoms in total. The van der Waals surface area contributed by atoms with E-state index in [4.69, 9.17) is 21.7 Å². The van der Waals surface area contributed by atoms with Gasteiger partial charge in [-0.25, -0.2) is 4.39 Å². The Hall–Kier alpha value is -2.94. The number of rotatable bonds is 8. The average molecular weight is 571 g/mol. The van der Waals surface area contributed by atoms with E-state index in [1.54, 1.807) is 37.5 Å². The van der Waals surface area contributed by atoms with Crippen LogP contribution in [-0.2, 0) is 17.8 Å². The van der Waals surface area contributed by atoms with Crippen LogP contribution >= 0.6 is 39.9 Å². The molecule has 178 valence electrons. The van der Waals surface area contributed by atoms with Crippen LogP contribution in [-0.4, -0.2) is 17.3 Å². The van der Waals surface area contributed by atoms with E-state index < -0.39 is 5.82 Å². The van der Waals surface area contributed by atoms with Gasteiger partial charge < -0.3 is 9.47 Å². The Balaban J connectivity index is 1.65. The number of hydrogen-bond acceptors (Lipinski definition) is 5. The molecule has 1 fully saturated rings. The maximum absolute atomic E-state index is 14.3. The standard InChI is InChI=1S/C27H21BrFNO3S2/c1-3-6-19-13-18(14-23(32-2)25(19)33-16-17-9-11-20(28)12-10-17)15-24-26(31)30(27(34)35-24)22-8-5-4-7-21(22)29/h3-5,7-15H,1,6,16H2,2H3/b24-15+. The van der Waals surface area contributed by atoms with E-state index in [2.05, 4.69) is 22.5 Å². The van der Waals surface area contributed by atoms with E-state index >= 15 is 0 Å². The maximum atomic E-state index is 14.3. The van der Waals surface area contributed by atoms with Gasteiger partial charge in [-0.15, -0.1) is 6.58 Å². The zero-order chi connectivity index (χ0) is 24.9. The molecule has 1 saturated heterocycles. The minimum Gasteiger partial charge on any atom is -0.493 e. The minimum absolute atomic E-state index is 0.139. The maximum Gasteiger partial charge on any atom is 0.270 e. The average Bonchev–Trinajstić information content (AvgIpc) is 3.12. The number of ether oxygens (including phenoxy) is 2. The van der Waals surface area contributed by atoms with Crippen LogP contribution in [0.3, 0.4) is 0 Å². The van der Waals surface area contributed by atoms with Gasteiger partial charge in [-0.2, -0.15) is 0 Å². The number of halogens is 2. The second kappa shape index (κ2) is 11.2. The molecule has 3 aromatic carbocycles. The van der Waals surface area contributed by atoms with Gasteiger partial charge in [0.2, 0.25) is 0 Å². The number of carbonyl (C=O) groups is 1. The molecular weight excluding hydrogens is 549 g/mol. The molecular formula is C27H21BrFNO3S2. The van der Waals surface area contributed by atoms with Gasteiger partial charge in [-0.3, -0.25) is 9.69 Å². The van der Waals surface area contributed by atoms with Gasteiger partial charge in [0.05, 0.1) is 17.7 Å². The van der Waals surface area contributed by atoms with Crippen molar-refractivity contribution in [2.75, 3.05) is 12.0 Å². The predicted octanol–water partition coefficient (Wildman–Crippen LogP) is 7.31. The van der Waals surface area contributed by atoms with E-state index in [-0.39, 0.29) is 15.9 Å². The summed E-state index contributed by atoms with van der Waals surface area (Å²) in [6.07, 6.45) is 4.06. The van der Waals surface area contributed by atoms with Crippen molar-refractivity contribution in [2.45, 2.75) is 13.0 Å². The molecule has 0 saturated carbocycles. The Morgan fingerprint density at radius 3 is 2.60 bits per heavy atom. The summed E-state index contributed by atoms with van der Waals surface area (Å²) in [4.78, 5) is 14.7. The van der Waals surface area contributed by atoms with Crippen molar-refractivity contribution in [3.05, 3.63) is 105 Å². The van der Waals surface area contributed by atoms with Crippen LogP contribution in [0.1, 0.15) is 16.7 Å². The molecule has 0 bridgehead atoms. The van der Waals surface area contributed by atoms with E-state index in [1.807, 2.05) is 30.3 Å². The van der Waals surface area contributed by atoms with Crippen molar-refractivity contribution in [2.24, 2.45) is 0 Å². The zero-order valence-electron chi connectivity index (χ0n) is 18.8. The van der Waals surface area contributed by atoms with Crippen molar-refractivity contribution >= 4 is 61.9 Å². The molecule has 0 unspecified atom stereocenters. The first-order valence-corrected chi connectivity index (χ1v) is 12.6. The van der Waals surface area contributed by atoms with Gasteiger partial charge in [0, 0.05) is 10.0 Å². The molecule has 0 aromatic heterocycles. The molecule has 8 heteroatoms. The van der Waals surface area contributed by atoms with E-state index in [9.17, 15) is 9.18 Å². The van der Waals surface area contributed by atoms with Crippen LogP contribution in [0.5, 0.6) is 11.5 Å². The van der Waals surface area contributed by atoms with Gasteiger partial charge in [-0.05, 0) is 60.0 Å². The van der Waals surface area contributed by atoms with Gasteiger partial charge >= 0.3 is 0 Å². The second-order valence-electron chi connectivity index (χ2n) is 7.59. The number of amides is 1. The summed E-state index contributed by atoms with van der Waals surface area (Å²) in [6, 6.07) is 17.7. The Morgan fingerprint density at radius 1 is 1.17 bits per heavy atom. The molecule has 1 aliphatic heterocycles. The Labute approximate surface area is 221 Å². The highest BCUT2D eigenvalue weighted by Crippen LogP contribution is 2.39. The van der Waals surface area contributed by atoms with Crippen LogP contribution < -0.4 is 14.4 Å². The largest absolute Gasteiger partial charge is 0.493 e. The fourth-order valence-electron chi connectivity index (χ4n) is 3.59. The molecule has 1 aliphatic rings. The quantitative estimate of drug-likeness (QED) is 0.161. The molecule has 4 rings (SSSR count). The number of para-hydroxylation sites is 1. The Bertz CT molecular complexity index is 1320. The first kappa shape index (κ1) is 25.2. The summed E-state index contributed by atoms with van der Waals surface area (Å²) in [5.41, 5.74) is 2.76. The number of thiocarbonyl (C=S) groups is 1. The fraction of sp³-hybridized carbons (Fsp3) is 0.111. The first-order chi connectivity index (χ1) is 16.9. The highest BCUT2D eigenvalue weighted by atomic mass is 79.9. The summed E-state index contributed by atoms with van der Waals surface area (Å²) in [5.74, 6) is 0.279. The van der Waals surface area contributed by atoms with Crippen molar-refractivity contribution in [3.63, 3.8) is 0 Å². The van der Waals surface area contributed by atoms with Crippen LogP contribution in [0.25, 0.3) is 6.08 Å². The number of nitrogens with zero attached hydrogens (tertiary/aromatic N) is 1. The number of anilines is 1. The second-order valence-corrected chi connectivity index (χ2v) is 10.2. The third-order valence-corrected chi connectivity index (χ3v) is 7.05. The van der Waals surface area contributed by atoms with Gasteiger partial charge in [0.1, 0.15) is 12.4 Å². The first-order valence-electron chi connectivity index (χ1n) is 10.6. The van der Waals surface area contributed by atoms with Crippen molar-refractivity contribution in [1.29, 1.82) is 0 Å². The summed E-state index contributed by atoms with van der Waals surface area (Å²) >= 11 is 9.95. The molecule has 0 radical (unpaired) electrons. The number of methoxy groups -OCH3 is 1. The third-order valence-electron chi connectivity index (χ3n) is 5.22. The van der Waals surface area contributed by atoms with Crippen LogP contribution in [0, 0.1) is 5.82 Å². The van der Waals surface area contributed by atoms with E-state index in [0.29, 0.717) is 29.4 Å². The molecule has 3 aromatic rings. The summed E-state index contributed by atoms with van der Waals surface area (Å²) in [6.45, 7) is 4.22. The molecule has 1 heterocycles. The number of allylic oxidation sites excluding steroid dienone is 1. The third kappa shape index (κ3) is 5.66. The van der Waals surface area contributed by atoms with Crippen molar-refractivity contribution in [3.8, 4) is 11.5 Å². The normalized spacial score (nSPS) is 14.5. The monoisotopic (exact) mass is 569 g/mol. The molecule has 0 N–H and O–H groups in total. The fourth-order valence-corrected chi connectivity index (χ4v) is 5.13. The summed E-state index contributed by atoms with van der Waals surface area (Å²) in [7, 11) is 1.57. The number of hydrogen-bond donors (Lipinski definition) is 0. The van der Waals surface area contributed by atoms with Gasteiger partial charge in [0.25, 0.3) is 5.91 Å². The van der Waals surface area contributed by atoms with Crippen molar-refractivity contribution in [1.82, 2.24) is 0 Å². The Morgan fingerprint density at radius 2 is 1.91 bits per heavy atom. The Kier molecular flexibility index (Phi) is 8.05.